The molecule has 4 atom stereocenters. The molecule has 0 fully saturated rings. The van der Waals surface area contributed by atoms with Gasteiger partial charge in [-0.05, 0) is 69.1 Å². The van der Waals surface area contributed by atoms with Crippen molar-refractivity contribution in [1.29, 1.82) is 0 Å². The molecule has 0 heterocycles. The summed E-state index contributed by atoms with van der Waals surface area (Å²) in [6.45, 7) is 0.728. The van der Waals surface area contributed by atoms with Crippen LogP contribution in [0.3, 0.4) is 0 Å². The van der Waals surface area contributed by atoms with Crippen molar-refractivity contribution in [1.82, 2.24) is 16.0 Å². The van der Waals surface area contributed by atoms with Crippen molar-refractivity contribution in [2.24, 2.45) is 27.9 Å². The maximum Gasteiger partial charge on any atom is 0.326 e. The van der Waals surface area contributed by atoms with Crippen molar-refractivity contribution in [3.8, 4) is 0 Å². The number of nitrogens with one attached hydrogen (secondary N) is 3. The highest BCUT2D eigenvalue weighted by atomic mass is 32.2. The van der Waals surface area contributed by atoms with Crippen LogP contribution >= 0.6 is 23.5 Å². The summed E-state index contributed by atoms with van der Waals surface area (Å²) < 4.78 is 0. The summed E-state index contributed by atoms with van der Waals surface area (Å²) in [6, 6.07) is -3.82. The number of hydrogen-bond donors (Lipinski definition) is 8. The second kappa shape index (κ2) is 20.8. The lowest BCUT2D eigenvalue weighted by Crippen LogP contribution is -2.57. The van der Waals surface area contributed by atoms with Crippen LogP contribution in [0.15, 0.2) is 4.99 Å². The van der Waals surface area contributed by atoms with Crippen molar-refractivity contribution in [3.05, 3.63) is 0 Å². The average Bonchev–Trinajstić information content (AvgIpc) is 2.85. The Morgan fingerprint density at radius 2 is 1.30 bits per heavy atom. The van der Waals surface area contributed by atoms with Crippen molar-refractivity contribution < 1.29 is 24.3 Å². The largest absolute Gasteiger partial charge is 0.480 e. The van der Waals surface area contributed by atoms with Gasteiger partial charge in [-0.25, -0.2) is 4.79 Å². The van der Waals surface area contributed by atoms with Gasteiger partial charge < -0.3 is 44.0 Å². The fourth-order valence-electron chi connectivity index (χ4n) is 3.23. The lowest BCUT2D eigenvalue weighted by atomic mass is 10.1. The topological polar surface area (TPSA) is 241 Å². The van der Waals surface area contributed by atoms with E-state index < -0.39 is 47.9 Å². The summed E-state index contributed by atoms with van der Waals surface area (Å²) in [4.78, 5) is 54.1. The summed E-state index contributed by atoms with van der Waals surface area (Å²) in [5.74, 6) is -1.76. The number of guanidine groups is 1. The van der Waals surface area contributed by atoms with E-state index in [9.17, 15) is 24.3 Å². The SMILES string of the molecule is CSCCC(NC(=O)C(N)CCCCN)C(=O)NC(CCSC)C(=O)NC(CCCN=C(N)N)C(=O)O. The monoisotopic (exact) mass is 564 g/mol. The van der Waals surface area contributed by atoms with E-state index in [1.54, 1.807) is 0 Å². The number of hydrogen-bond acceptors (Lipinski definition) is 9. The Morgan fingerprint density at radius 3 is 1.76 bits per heavy atom. The zero-order valence-corrected chi connectivity index (χ0v) is 23.4. The fraction of sp³-hybridized carbons (Fsp3) is 0.773. The lowest BCUT2D eigenvalue weighted by molar-refractivity contribution is -0.142. The van der Waals surface area contributed by atoms with Crippen LogP contribution in [0.25, 0.3) is 0 Å². The number of aliphatic carboxylic acids is 1. The quantitative estimate of drug-likeness (QED) is 0.0455. The highest BCUT2D eigenvalue weighted by Gasteiger charge is 2.29. The molecule has 0 aromatic heterocycles. The zero-order chi connectivity index (χ0) is 28.2. The molecule has 13 nitrogen and oxygen atoms in total. The molecule has 0 aromatic rings. The normalized spacial score (nSPS) is 14.1. The van der Waals surface area contributed by atoms with Gasteiger partial charge in [-0.2, -0.15) is 23.5 Å². The molecule has 12 N–H and O–H groups in total. The van der Waals surface area contributed by atoms with Gasteiger partial charge in [0, 0.05) is 6.54 Å². The van der Waals surface area contributed by atoms with Gasteiger partial charge in [0.25, 0.3) is 0 Å². The summed E-state index contributed by atoms with van der Waals surface area (Å²) in [5, 5.41) is 17.4. The number of amides is 3. The molecule has 0 bridgehead atoms. The molecule has 0 radical (unpaired) electrons. The van der Waals surface area contributed by atoms with Crippen LogP contribution in [-0.4, -0.2) is 96.0 Å². The van der Waals surface area contributed by atoms with Gasteiger partial charge >= 0.3 is 5.97 Å². The van der Waals surface area contributed by atoms with E-state index in [0.29, 0.717) is 43.7 Å². The molecule has 214 valence electrons. The van der Waals surface area contributed by atoms with E-state index >= 15 is 0 Å². The van der Waals surface area contributed by atoms with Crippen LogP contribution in [0.4, 0.5) is 0 Å². The van der Waals surface area contributed by atoms with Crippen LogP contribution in [0.5, 0.6) is 0 Å². The molecule has 0 aliphatic rings. The fourth-order valence-corrected chi connectivity index (χ4v) is 4.18. The molecule has 0 aromatic carbocycles. The van der Waals surface area contributed by atoms with Crippen molar-refractivity contribution in [2.45, 2.75) is 69.1 Å². The van der Waals surface area contributed by atoms with Gasteiger partial charge in [0.05, 0.1) is 6.04 Å². The first-order chi connectivity index (χ1) is 17.6. The minimum absolute atomic E-state index is 0.101. The zero-order valence-electron chi connectivity index (χ0n) is 21.7. The van der Waals surface area contributed by atoms with E-state index in [2.05, 4.69) is 20.9 Å². The molecule has 0 aliphatic heterocycles. The minimum Gasteiger partial charge on any atom is -0.480 e. The van der Waals surface area contributed by atoms with Crippen molar-refractivity contribution in [2.75, 3.05) is 37.1 Å². The third kappa shape index (κ3) is 16.3. The number of aliphatic imine (C=N–C) groups is 1. The van der Waals surface area contributed by atoms with Crippen molar-refractivity contribution >= 4 is 53.2 Å². The summed E-state index contributed by atoms with van der Waals surface area (Å²) >= 11 is 2.99. The predicted molar refractivity (Wildman–Crippen MR) is 150 cm³/mol. The molecular weight excluding hydrogens is 520 g/mol. The second-order valence-electron chi connectivity index (χ2n) is 8.42. The molecule has 15 heteroatoms. The molecule has 37 heavy (non-hydrogen) atoms. The first-order valence-corrected chi connectivity index (χ1v) is 15.0. The lowest BCUT2D eigenvalue weighted by Gasteiger charge is -2.25. The number of unbranched alkanes of at least 4 members (excludes halogenated alkanes) is 1. The number of thioether (sulfide) groups is 2. The molecule has 0 spiro atoms. The maximum absolute atomic E-state index is 13.1. The smallest absolute Gasteiger partial charge is 0.326 e. The Hall–Kier alpha value is -2.23. The van der Waals surface area contributed by atoms with E-state index in [1.807, 2.05) is 12.5 Å². The van der Waals surface area contributed by atoms with Crippen LogP contribution in [-0.2, 0) is 19.2 Å². The third-order valence-corrected chi connectivity index (χ3v) is 6.64. The second-order valence-corrected chi connectivity index (χ2v) is 10.4. The van der Waals surface area contributed by atoms with Crippen LogP contribution in [0.1, 0.15) is 44.9 Å². The van der Waals surface area contributed by atoms with Crippen LogP contribution < -0.4 is 38.9 Å². The average molecular weight is 565 g/mol. The van der Waals surface area contributed by atoms with E-state index in [-0.39, 0.29) is 25.3 Å². The van der Waals surface area contributed by atoms with Crippen molar-refractivity contribution in [3.63, 3.8) is 0 Å². The van der Waals surface area contributed by atoms with Gasteiger partial charge in [-0.15, -0.1) is 0 Å². The van der Waals surface area contributed by atoms with Gasteiger partial charge in [-0.1, -0.05) is 6.42 Å². The summed E-state index contributed by atoms with van der Waals surface area (Å²) in [5.41, 5.74) is 22.0. The van der Waals surface area contributed by atoms with E-state index in [4.69, 9.17) is 22.9 Å². The number of carboxylic acids is 1. The highest BCUT2D eigenvalue weighted by molar-refractivity contribution is 7.98. The predicted octanol–water partition coefficient (Wildman–Crippen LogP) is -1.46. The first-order valence-electron chi connectivity index (χ1n) is 12.2. The number of carbonyl (C=O) groups excluding carboxylic acids is 3. The number of nitrogens with zero attached hydrogens (tertiary/aromatic N) is 1. The number of carbonyl (C=O) groups is 4. The van der Waals surface area contributed by atoms with Gasteiger partial charge in [0.15, 0.2) is 5.96 Å². The molecular formula is C22H44N8O5S2. The van der Waals surface area contributed by atoms with Crippen LogP contribution in [0.2, 0.25) is 0 Å². The summed E-state index contributed by atoms with van der Waals surface area (Å²) in [7, 11) is 0. The highest BCUT2D eigenvalue weighted by Crippen LogP contribution is 2.08. The molecule has 4 unspecified atom stereocenters. The number of nitrogens with two attached hydrogens (primary N) is 4. The van der Waals surface area contributed by atoms with Gasteiger partial charge in [0.1, 0.15) is 18.1 Å². The van der Waals surface area contributed by atoms with Crippen LogP contribution in [0, 0.1) is 0 Å². The Balaban J connectivity index is 5.34. The summed E-state index contributed by atoms with van der Waals surface area (Å²) in [6.07, 6.45) is 6.68. The first kappa shape index (κ1) is 34.8. The minimum atomic E-state index is -1.21. The third-order valence-electron chi connectivity index (χ3n) is 5.35. The maximum atomic E-state index is 13.1. The van der Waals surface area contributed by atoms with E-state index in [1.165, 1.54) is 23.5 Å². The molecule has 0 saturated heterocycles. The molecule has 0 aliphatic carbocycles. The Morgan fingerprint density at radius 1 is 0.784 bits per heavy atom. The number of carboxylic acid groups (broad SMARTS) is 1. The molecule has 3 amide bonds. The van der Waals surface area contributed by atoms with Gasteiger partial charge in [0.2, 0.25) is 17.7 Å². The molecule has 0 rings (SSSR count). The Bertz CT molecular complexity index is 740. The molecule has 0 saturated carbocycles. The number of rotatable bonds is 21. The van der Waals surface area contributed by atoms with E-state index in [0.717, 1.165) is 6.42 Å². The standard InChI is InChI=1S/C22H44N8O5S2/c1-36-12-8-15(28-18(31)14(24)6-3-4-10-23)19(32)29-16(9-13-37-2)20(33)30-17(21(34)35)7-5-11-27-22(25)26/h14-17H,3-13,23-24H2,1-2H3,(H,28,31)(H,29,32)(H,30,33)(H,34,35)(H4,25,26,27). The Labute approximate surface area is 227 Å². The Kier molecular flexibility index (Phi) is 19.5. The van der Waals surface area contributed by atoms with Gasteiger partial charge in [-0.3, -0.25) is 19.4 Å².